The maximum atomic E-state index is 12.3. The van der Waals surface area contributed by atoms with Crippen molar-refractivity contribution in [3.05, 3.63) is 57.0 Å². The molecule has 0 fully saturated rings. The molecule has 0 atom stereocenters. The van der Waals surface area contributed by atoms with E-state index in [1.807, 2.05) is 39.8 Å². The van der Waals surface area contributed by atoms with E-state index >= 15 is 0 Å². The molecule has 1 aromatic heterocycles. The highest BCUT2D eigenvalue weighted by molar-refractivity contribution is 5.89. The minimum Gasteiger partial charge on any atom is -0.421 e. The topological polar surface area (TPSA) is 61.2 Å². The summed E-state index contributed by atoms with van der Waals surface area (Å²) in [5, 5.41) is 4.11. The Kier molecular flexibility index (Phi) is 5.32. The van der Waals surface area contributed by atoms with Crippen molar-refractivity contribution in [2.75, 3.05) is 0 Å². The van der Waals surface area contributed by atoms with Gasteiger partial charge in [0.1, 0.15) is 5.75 Å². The van der Waals surface area contributed by atoms with Gasteiger partial charge in [0.25, 0.3) is 5.56 Å². The van der Waals surface area contributed by atoms with E-state index in [9.17, 15) is 9.59 Å². The normalized spacial score (nSPS) is 10.6. The van der Waals surface area contributed by atoms with Gasteiger partial charge in [0, 0.05) is 12.6 Å². The van der Waals surface area contributed by atoms with Gasteiger partial charge in [0.15, 0.2) is 5.69 Å². The largest absolute Gasteiger partial charge is 0.421 e. The summed E-state index contributed by atoms with van der Waals surface area (Å²) in [4.78, 5) is 24.1. The summed E-state index contributed by atoms with van der Waals surface area (Å²) in [6, 6.07) is 6.69. The highest BCUT2D eigenvalue weighted by Crippen LogP contribution is 2.25. The first-order valence-electron chi connectivity index (χ1n) is 7.80. The van der Waals surface area contributed by atoms with Gasteiger partial charge in [-0.1, -0.05) is 31.0 Å². The maximum Gasteiger partial charge on any atom is 0.364 e. The Morgan fingerprint density at radius 3 is 2.43 bits per heavy atom. The SMILES string of the molecule is CCCCn1nc(C(=O)Oc2c(C)cc(C)cc2C)ccc1=O. The number of benzene rings is 1. The Morgan fingerprint density at radius 2 is 1.83 bits per heavy atom. The first kappa shape index (κ1) is 16.9. The zero-order chi connectivity index (χ0) is 17.0. The smallest absolute Gasteiger partial charge is 0.364 e. The van der Waals surface area contributed by atoms with Crippen LogP contribution in [0.15, 0.2) is 29.1 Å². The van der Waals surface area contributed by atoms with Crippen LogP contribution in [-0.2, 0) is 6.54 Å². The van der Waals surface area contributed by atoms with Crippen LogP contribution in [0.1, 0.15) is 46.9 Å². The van der Waals surface area contributed by atoms with Gasteiger partial charge in [0.2, 0.25) is 0 Å². The van der Waals surface area contributed by atoms with Crippen LogP contribution in [0.5, 0.6) is 5.75 Å². The number of ether oxygens (including phenoxy) is 1. The fraction of sp³-hybridized carbons (Fsp3) is 0.389. The molecular formula is C18H22N2O3. The Bertz CT molecular complexity index is 755. The van der Waals surface area contributed by atoms with Crippen LogP contribution in [0.2, 0.25) is 0 Å². The predicted molar refractivity (Wildman–Crippen MR) is 89.0 cm³/mol. The number of esters is 1. The van der Waals surface area contributed by atoms with E-state index in [1.54, 1.807) is 0 Å². The molecule has 0 saturated carbocycles. The van der Waals surface area contributed by atoms with Gasteiger partial charge in [-0.05, 0) is 44.4 Å². The van der Waals surface area contributed by atoms with Gasteiger partial charge in [-0.3, -0.25) is 4.79 Å². The van der Waals surface area contributed by atoms with Crippen LogP contribution in [0.3, 0.4) is 0 Å². The van der Waals surface area contributed by atoms with Gasteiger partial charge < -0.3 is 4.74 Å². The number of rotatable bonds is 5. The average Bonchev–Trinajstić information content (AvgIpc) is 2.49. The first-order chi connectivity index (χ1) is 10.9. The monoisotopic (exact) mass is 314 g/mol. The van der Waals surface area contributed by atoms with Crippen LogP contribution < -0.4 is 10.3 Å². The third-order valence-electron chi connectivity index (χ3n) is 3.60. The van der Waals surface area contributed by atoms with Crippen LogP contribution in [0, 0.1) is 20.8 Å². The zero-order valence-electron chi connectivity index (χ0n) is 14.0. The molecule has 23 heavy (non-hydrogen) atoms. The van der Waals surface area contributed by atoms with Crippen LogP contribution >= 0.6 is 0 Å². The highest BCUT2D eigenvalue weighted by Gasteiger charge is 2.15. The molecule has 2 rings (SSSR count). The second-order valence-electron chi connectivity index (χ2n) is 5.75. The van der Waals surface area contributed by atoms with E-state index in [-0.39, 0.29) is 11.3 Å². The number of hydrogen-bond donors (Lipinski definition) is 0. The van der Waals surface area contributed by atoms with Gasteiger partial charge in [-0.15, -0.1) is 0 Å². The summed E-state index contributed by atoms with van der Waals surface area (Å²) in [6.45, 7) is 8.33. The Morgan fingerprint density at radius 1 is 1.17 bits per heavy atom. The van der Waals surface area contributed by atoms with Crippen molar-refractivity contribution < 1.29 is 9.53 Å². The van der Waals surface area contributed by atoms with E-state index in [1.165, 1.54) is 16.8 Å². The van der Waals surface area contributed by atoms with Crippen molar-refractivity contribution in [1.82, 2.24) is 9.78 Å². The summed E-state index contributed by atoms with van der Waals surface area (Å²) >= 11 is 0. The number of unbranched alkanes of at least 4 members (excludes halogenated alkanes) is 1. The van der Waals surface area contributed by atoms with E-state index in [4.69, 9.17) is 4.74 Å². The number of aryl methyl sites for hydroxylation is 4. The molecule has 1 aromatic carbocycles. The molecule has 0 amide bonds. The lowest BCUT2D eigenvalue weighted by atomic mass is 10.1. The van der Waals surface area contributed by atoms with Crippen LogP contribution in [-0.4, -0.2) is 15.7 Å². The van der Waals surface area contributed by atoms with Crippen molar-refractivity contribution >= 4 is 5.97 Å². The molecule has 0 spiro atoms. The molecule has 0 unspecified atom stereocenters. The number of aromatic nitrogens is 2. The molecular weight excluding hydrogens is 292 g/mol. The molecule has 0 bridgehead atoms. The minimum atomic E-state index is -0.551. The summed E-state index contributed by atoms with van der Waals surface area (Å²) in [5.41, 5.74) is 2.84. The number of nitrogens with zero attached hydrogens (tertiary/aromatic N) is 2. The third-order valence-corrected chi connectivity index (χ3v) is 3.60. The van der Waals surface area contributed by atoms with E-state index in [0.29, 0.717) is 12.3 Å². The fourth-order valence-corrected chi connectivity index (χ4v) is 2.50. The molecule has 2 aromatic rings. The molecule has 0 saturated heterocycles. The molecule has 0 aliphatic rings. The van der Waals surface area contributed by atoms with Gasteiger partial charge >= 0.3 is 5.97 Å². The molecule has 5 nitrogen and oxygen atoms in total. The number of hydrogen-bond acceptors (Lipinski definition) is 4. The Labute approximate surface area is 135 Å². The second-order valence-corrected chi connectivity index (χ2v) is 5.75. The quantitative estimate of drug-likeness (QED) is 0.628. The summed E-state index contributed by atoms with van der Waals surface area (Å²) < 4.78 is 6.81. The van der Waals surface area contributed by atoms with Crippen molar-refractivity contribution in [2.45, 2.75) is 47.1 Å². The van der Waals surface area contributed by atoms with Gasteiger partial charge in [-0.25, -0.2) is 9.48 Å². The van der Waals surface area contributed by atoms with Gasteiger partial charge in [0.05, 0.1) is 0 Å². The second kappa shape index (κ2) is 7.22. The standard InChI is InChI=1S/C18H22N2O3/c1-5-6-9-20-16(21)8-7-15(19-20)18(22)23-17-13(3)10-12(2)11-14(17)4/h7-8,10-11H,5-6,9H2,1-4H3. The number of carbonyl (C=O) groups is 1. The Balaban J connectivity index is 2.26. The summed E-state index contributed by atoms with van der Waals surface area (Å²) in [7, 11) is 0. The first-order valence-corrected chi connectivity index (χ1v) is 7.80. The summed E-state index contributed by atoms with van der Waals surface area (Å²) in [5.74, 6) is -0.000917. The zero-order valence-corrected chi connectivity index (χ0v) is 14.0. The van der Waals surface area contributed by atoms with Crippen molar-refractivity contribution in [1.29, 1.82) is 0 Å². The maximum absolute atomic E-state index is 12.3. The van der Waals surface area contributed by atoms with E-state index < -0.39 is 5.97 Å². The minimum absolute atomic E-state index is 0.139. The van der Waals surface area contributed by atoms with Crippen molar-refractivity contribution in [3.8, 4) is 5.75 Å². The number of carbonyl (C=O) groups excluding carboxylic acids is 1. The molecule has 0 radical (unpaired) electrons. The molecule has 122 valence electrons. The van der Waals surface area contributed by atoms with Crippen LogP contribution in [0.25, 0.3) is 0 Å². The van der Waals surface area contributed by atoms with E-state index in [2.05, 4.69) is 5.10 Å². The van der Waals surface area contributed by atoms with Crippen molar-refractivity contribution in [3.63, 3.8) is 0 Å². The molecule has 5 heteroatoms. The lowest BCUT2D eigenvalue weighted by molar-refractivity contribution is 0.0723. The lowest BCUT2D eigenvalue weighted by Gasteiger charge is -2.12. The highest BCUT2D eigenvalue weighted by atomic mass is 16.5. The Hall–Kier alpha value is -2.43. The van der Waals surface area contributed by atoms with Gasteiger partial charge in [-0.2, -0.15) is 5.10 Å². The van der Waals surface area contributed by atoms with E-state index in [0.717, 1.165) is 29.5 Å². The molecule has 0 aliphatic heterocycles. The average molecular weight is 314 g/mol. The molecule has 0 N–H and O–H groups in total. The fourth-order valence-electron chi connectivity index (χ4n) is 2.50. The molecule has 1 heterocycles. The van der Waals surface area contributed by atoms with Crippen LogP contribution in [0.4, 0.5) is 0 Å². The van der Waals surface area contributed by atoms with Crippen molar-refractivity contribution in [2.24, 2.45) is 0 Å². The third kappa shape index (κ3) is 4.06. The lowest BCUT2D eigenvalue weighted by Crippen LogP contribution is -2.25. The summed E-state index contributed by atoms with van der Waals surface area (Å²) in [6.07, 6.45) is 1.78. The molecule has 0 aliphatic carbocycles. The predicted octanol–water partition coefficient (Wildman–Crippen LogP) is 3.19.